The van der Waals surface area contributed by atoms with Gasteiger partial charge in [-0.2, -0.15) is 0 Å². The van der Waals surface area contributed by atoms with Gasteiger partial charge in [-0.3, -0.25) is 4.79 Å². The van der Waals surface area contributed by atoms with Crippen molar-refractivity contribution in [2.24, 2.45) is 5.11 Å². The Kier molecular flexibility index (Phi) is 5.33. The second kappa shape index (κ2) is 6.99. The number of ketones is 1. The van der Waals surface area contributed by atoms with Gasteiger partial charge in [0.15, 0.2) is 5.78 Å². The summed E-state index contributed by atoms with van der Waals surface area (Å²) in [7, 11) is 0. The van der Waals surface area contributed by atoms with Gasteiger partial charge in [0.1, 0.15) is 0 Å². The molecule has 0 saturated heterocycles. The van der Waals surface area contributed by atoms with Crippen molar-refractivity contribution in [1.29, 1.82) is 0 Å². The summed E-state index contributed by atoms with van der Waals surface area (Å²) in [6.45, 7) is 0. The molecule has 0 aliphatic rings. The molecule has 0 heterocycles. The van der Waals surface area contributed by atoms with Crippen LogP contribution in [-0.4, -0.2) is 5.78 Å². The van der Waals surface area contributed by atoms with E-state index in [0.717, 1.165) is 5.56 Å². The van der Waals surface area contributed by atoms with E-state index in [1.807, 2.05) is 24.3 Å². The Hall–Kier alpha value is -2.58. The van der Waals surface area contributed by atoms with Crippen LogP contribution in [0.3, 0.4) is 0 Å². The fourth-order valence-corrected chi connectivity index (χ4v) is 1.69. The van der Waals surface area contributed by atoms with Crippen LogP contribution in [0.25, 0.3) is 10.4 Å². The lowest BCUT2D eigenvalue weighted by atomic mass is 10.0. The highest BCUT2D eigenvalue weighted by Gasteiger charge is 2.06. The first-order valence-electron chi connectivity index (χ1n) is 5.52. The SMILES string of the molecule is C.[N-]=[N+]=Nc1cccc(CC(=O)c2ccccc2)c1. The number of nitrogens with zero attached hydrogens (tertiary/aromatic N) is 3. The lowest BCUT2D eigenvalue weighted by molar-refractivity contribution is 0.0993. The molecular weight excluding hydrogens is 238 g/mol. The first-order valence-corrected chi connectivity index (χ1v) is 5.52. The van der Waals surface area contributed by atoms with Gasteiger partial charge in [0.25, 0.3) is 0 Å². The zero-order chi connectivity index (χ0) is 12.8. The average molecular weight is 253 g/mol. The smallest absolute Gasteiger partial charge is 0.167 e. The molecule has 4 nitrogen and oxygen atoms in total. The molecule has 0 aliphatic carbocycles. The van der Waals surface area contributed by atoms with E-state index in [0.29, 0.717) is 17.7 Å². The number of hydrogen-bond acceptors (Lipinski definition) is 2. The number of Topliss-reactive ketones (excluding diaryl/α,β-unsaturated/α-hetero) is 1. The van der Waals surface area contributed by atoms with Crippen molar-refractivity contribution in [3.8, 4) is 0 Å². The summed E-state index contributed by atoms with van der Waals surface area (Å²) in [4.78, 5) is 14.7. The van der Waals surface area contributed by atoms with Gasteiger partial charge in [-0.15, -0.1) is 0 Å². The summed E-state index contributed by atoms with van der Waals surface area (Å²) in [5.41, 5.74) is 10.4. The summed E-state index contributed by atoms with van der Waals surface area (Å²) < 4.78 is 0. The maximum atomic E-state index is 12.0. The van der Waals surface area contributed by atoms with E-state index in [-0.39, 0.29) is 13.2 Å². The van der Waals surface area contributed by atoms with Crippen molar-refractivity contribution >= 4 is 11.5 Å². The Bertz CT molecular complexity index is 602. The quantitative estimate of drug-likeness (QED) is 0.337. The number of carbonyl (C=O) groups excluding carboxylic acids is 1. The molecule has 2 aromatic carbocycles. The Labute approximate surface area is 112 Å². The highest BCUT2D eigenvalue weighted by Crippen LogP contribution is 2.16. The molecule has 96 valence electrons. The predicted molar refractivity (Wildman–Crippen MR) is 76.5 cm³/mol. The van der Waals surface area contributed by atoms with Crippen LogP contribution in [0.4, 0.5) is 5.69 Å². The minimum absolute atomic E-state index is 0. The van der Waals surface area contributed by atoms with Crippen LogP contribution in [0, 0.1) is 0 Å². The molecule has 0 fully saturated rings. The standard InChI is InChI=1S/C14H11N3O.CH4/c15-17-16-13-8-4-5-11(9-13)10-14(18)12-6-2-1-3-7-12;/h1-9H,10H2;1H4. The van der Waals surface area contributed by atoms with Gasteiger partial charge in [-0.05, 0) is 17.2 Å². The fraction of sp³-hybridized carbons (Fsp3) is 0.133. The first-order chi connectivity index (χ1) is 8.79. The van der Waals surface area contributed by atoms with Gasteiger partial charge < -0.3 is 0 Å². The van der Waals surface area contributed by atoms with Crippen LogP contribution in [0.2, 0.25) is 0 Å². The largest absolute Gasteiger partial charge is 0.294 e. The summed E-state index contributed by atoms with van der Waals surface area (Å²) in [5, 5.41) is 3.52. The maximum Gasteiger partial charge on any atom is 0.167 e. The van der Waals surface area contributed by atoms with Crippen molar-refractivity contribution in [2.75, 3.05) is 0 Å². The normalized spacial score (nSPS) is 9.05. The second-order valence-corrected chi connectivity index (χ2v) is 3.83. The van der Waals surface area contributed by atoms with Crippen molar-refractivity contribution in [2.45, 2.75) is 13.8 Å². The molecule has 19 heavy (non-hydrogen) atoms. The highest BCUT2D eigenvalue weighted by molar-refractivity contribution is 5.97. The predicted octanol–water partition coefficient (Wildman–Crippen LogP) is 4.69. The van der Waals surface area contributed by atoms with E-state index in [1.165, 1.54) is 0 Å². The van der Waals surface area contributed by atoms with Gasteiger partial charge in [0.05, 0.1) is 0 Å². The molecular formula is C15H15N3O. The van der Waals surface area contributed by atoms with Gasteiger partial charge in [-0.25, -0.2) is 0 Å². The number of benzene rings is 2. The molecule has 2 rings (SSSR count). The van der Waals surface area contributed by atoms with Crippen LogP contribution in [-0.2, 0) is 6.42 Å². The van der Waals surface area contributed by atoms with E-state index in [2.05, 4.69) is 10.0 Å². The van der Waals surface area contributed by atoms with Crippen LogP contribution in [0.5, 0.6) is 0 Å². The van der Waals surface area contributed by atoms with Crippen LogP contribution in [0.1, 0.15) is 23.3 Å². The molecule has 0 amide bonds. The van der Waals surface area contributed by atoms with Gasteiger partial charge in [0.2, 0.25) is 0 Å². The van der Waals surface area contributed by atoms with Crippen molar-refractivity contribution in [1.82, 2.24) is 0 Å². The Balaban J connectivity index is 0.00000180. The van der Waals surface area contributed by atoms with Crippen molar-refractivity contribution in [3.05, 3.63) is 76.2 Å². The Morgan fingerprint density at radius 2 is 1.84 bits per heavy atom. The molecule has 0 radical (unpaired) electrons. The van der Waals surface area contributed by atoms with Crippen molar-refractivity contribution in [3.63, 3.8) is 0 Å². The van der Waals surface area contributed by atoms with Gasteiger partial charge in [-0.1, -0.05) is 61.1 Å². The molecule has 2 aromatic rings. The number of azide groups is 1. The van der Waals surface area contributed by atoms with Crippen LogP contribution < -0.4 is 0 Å². The van der Waals surface area contributed by atoms with Crippen LogP contribution in [0.15, 0.2) is 59.7 Å². The molecule has 0 aromatic heterocycles. The molecule has 0 saturated carbocycles. The third-order valence-corrected chi connectivity index (χ3v) is 2.53. The lowest BCUT2D eigenvalue weighted by Gasteiger charge is -2.02. The fourth-order valence-electron chi connectivity index (χ4n) is 1.69. The van der Waals surface area contributed by atoms with E-state index in [4.69, 9.17) is 5.53 Å². The zero-order valence-electron chi connectivity index (χ0n) is 9.65. The molecule has 0 N–H and O–H groups in total. The summed E-state index contributed by atoms with van der Waals surface area (Å²) >= 11 is 0. The molecule has 4 heteroatoms. The Morgan fingerprint density at radius 1 is 1.11 bits per heavy atom. The van der Waals surface area contributed by atoms with Crippen molar-refractivity contribution < 1.29 is 4.79 Å². The molecule has 0 unspecified atom stereocenters. The minimum Gasteiger partial charge on any atom is -0.294 e. The first kappa shape index (κ1) is 14.5. The average Bonchev–Trinajstić information content (AvgIpc) is 2.40. The minimum atomic E-state index is 0. The van der Waals surface area contributed by atoms with E-state index < -0.39 is 0 Å². The number of rotatable bonds is 4. The van der Waals surface area contributed by atoms with E-state index >= 15 is 0 Å². The lowest BCUT2D eigenvalue weighted by Crippen LogP contribution is -2.02. The van der Waals surface area contributed by atoms with E-state index in [1.54, 1.807) is 30.3 Å². The van der Waals surface area contributed by atoms with E-state index in [9.17, 15) is 4.79 Å². The third kappa shape index (κ3) is 3.98. The molecule has 0 spiro atoms. The maximum absolute atomic E-state index is 12.0. The highest BCUT2D eigenvalue weighted by atomic mass is 16.1. The summed E-state index contributed by atoms with van der Waals surface area (Å²) in [5.74, 6) is 0.0497. The topological polar surface area (TPSA) is 65.8 Å². The van der Waals surface area contributed by atoms with Gasteiger partial charge in [0, 0.05) is 22.6 Å². The molecule has 0 atom stereocenters. The third-order valence-electron chi connectivity index (χ3n) is 2.53. The second-order valence-electron chi connectivity index (χ2n) is 3.83. The van der Waals surface area contributed by atoms with Crippen LogP contribution >= 0.6 is 0 Å². The molecule has 0 bridgehead atoms. The Morgan fingerprint density at radius 3 is 2.53 bits per heavy atom. The zero-order valence-corrected chi connectivity index (χ0v) is 9.65. The monoisotopic (exact) mass is 253 g/mol. The molecule has 0 aliphatic heterocycles. The summed E-state index contributed by atoms with van der Waals surface area (Å²) in [6, 6.07) is 16.2. The number of hydrogen-bond donors (Lipinski definition) is 0. The summed E-state index contributed by atoms with van der Waals surface area (Å²) in [6.07, 6.45) is 0.304. The van der Waals surface area contributed by atoms with Gasteiger partial charge >= 0.3 is 0 Å². The number of carbonyl (C=O) groups is 1.